The summed E-state index contributed by atoms with van der Waals surface area (Å²) in [6, 6.07) is 15.9. The van der Waals surface area contributed by atoms with Gasteiger partial charge in [-0.2, -0.15) is 0 Å². The number of esters is 1. The number of carbonyl (C=O) groups is 3. The summed E-state index contributed by atoms with van der Waals surface area (Å²) < 4.78 is 10.4. The van der Waals surface area contributed by atoms with Crippen LogP contribution in [0.15, 0.2) is 76.0 Å². The Bertz CT molecular complexity index is 1230. The first-order valence-electron chi connectivity index (χ1n) is 10.1. The number of thiophene rings is 2. The number of Topliss-reactive ketones (excluding diaryl/α,β-unsaturated/α-hetero) is 1. The highest BCUT2D eigenvalue weighted by atomic mass is 32.1. The third-order valence-corrected chi connectivity index (χ3v) is 6.47. The second-order valence-electron chi connectivity index (χ2n) is 6.81. The molecule has 0 aliphatic heterocycles. The quantitative estimate of drug-likeness (QED) is 0.192. The summed E-state index contributed by atoms with van der Waals surface area (Å²) in [5.74, 6) is -1.34. The highest BCUT2D eigenvalue weighted by Gasteiger charge is 2.28. The number of carbonyl (C=O) groups excluding carboxylic acids is 3. The first-order chi connectivity index (χ1) is 16.1. The zero-order chi connectivity index (χ0) is 23.2. The Balaban J connectivity index is 1.70. The number of furan rings is 1. The Kier molecular flexibility index (Phi) is 7.01. The van der Waals surface area contributed by atoms with Crippen LogP contribution >= 0.6 is 22.7 Å². The van der Waals surface area contributed by atoms with E-state index in [1.54, 1.807) is 30.5 Å². The Morgan fingerprint density at radius 1 is 1.03 bits per heavy atom. The molecular weight excluding hydrogens is 460 g/mol. The van der Waals surface area contributed by atoms with Crippen LogP contribution in [0.5, 0.6) is 0 Å². The molecule has 7 nitrogen and oxygen atoms in total. The molecule has 0 radical (unpaired) electrons. The summed E-state index contributed by atoms with van der Waals surface area (Å²) in [4.78, 5) is 39.2. The maximum atomic E-state index is 13.2. The molecule has 1 amide bonds. The van der Waals surface area contributed by atoms with Gasteiger partial charge in [0.05, 0.1) is 17.7 Å². The average molecular weight is 481 g/mol. The van der Waals surface area contributed by atoms with E-state index in [9.17, 15) is 14.4 Å². The van der Waals surface area contributed by atoms with Crippen LogP contribution in [0.3, 0.4) is 0 Å². The normalized spacial score (nSPS) is 11.5. The molecule has 33 heavy (non-hydrogen) atoms. The van der Waals surface area contributed by atoms with Crippen LogP contribution in [-0.2, 0) is 4.74 Å². The van der Waals surface area contributed by atoms with E-state index in [0.29, 0.717) is 21.0 Å². The van der Waals surface area contributed by atoms with Gasteiger partial charge in [-0.1, -0.05) is 36.4 Å². The molecule has 3 aromatic heterocycles. The molecule has 0 spiro atoms. The zero-order valence-corrected chi connectivity index (χ0v) is 19.2. The van der Waals surface area contributed by atoms with Crippen LogP contribution in [0.4, 0.5) is 5.00 Å². The van der Waals surface area contributed by atoms with Crippen molar-refractivity contribution in [1.29, 1.82) is 0 Å². The van der Waals surface area contributed by atoms with Crippen molar-refractivity contribution in [1.82, 2.24) is 5.32 Å². The molecule has 3 heterocycles. The summed E-state index contributed by atoms with van der Waals surface area (Å²) >= 11 is 2.52. The number of anilines is 1. The van der Waals surface area contributed by atoms with Gasteiger partial charge < -0.3 is 19.8 Å². The summed E-state index contributed by atoms with van der Waals surface area (Å²) in [5, 5.41) is 9.75. The molecule has 168 valence electrons. The van der Waals surface area contributed by atoms with Crippen LogP contribution in [0.2, 0.25) is 0 Å². The molecule has 1 atom stereocenters. The molecule has 2 N–H and O–H groups in total. The largest absolute Gasteiger partial charge is 0.462 e. The van der Waals surface area contributed by atoms with Gasteiger partial charge in [0.1, 0.15) is 10.6 Å². The minimum atomic E-state index is -1.13. The fraction of sp³-hybridized carbons (Fsp3) is 0.125. The van der Waals surface area contributed by atoms with Crippen molar-refractivity contribution in [2.75, 3.05) is 11.9 Å². The van der Waals surface area contributed by atoms with Gasteiger partial charge in [0.25, 0.3) is 5.91 Å². The molecule has 0 saturated carbocycles. The summed E-state index contributed by atoms with van der Waals surface area (Å²) in [6.07, 6.45) is 0.250. The zero-order valence-electron chi connectivity index (χ0n) is 17.6. The number of ether oxygens (including phenoxy) is 1. The molecule has 9 heteroatoms. The van der Waals surface area contributed by atoms with Crippen molar-refractivity contribution in [2.45, 2.75) is 13.1 Å². The second-order valence-corrected chi connectivity index (χ2v) is 8.64. The molecule has 0 unspecified atom stereocenters. The molecule has 1 aromatic carbocycles. The number of hydrogen-bond donors (Lipinski definition) is 2. The molecule has 0 saturated heterocycles. The van der Waals surface area contributed by atoms with E-state index in [2.05, 4.69) is 10.6 Å². The predicted molar refractivity (Wildman–Crippen MR) is 128 cm³/mol. The van der Waals surface area contributed by atoms with E-state index >= 15 is 0 Å². The van der Waals surface area contributed by atoms with Gasteiger partial charge in [-0.15, -0.1) is 22.7 Å². The maximum Gasteiger partial charge on any atom is 0.341 e. The van der Waals surface area contributed by atoms with Crippen molar-refractivity contribution >= 4 is 45.3 Å². The number of ketones is 1. The van der Waals surface area contributed by atoms with Gasteiger partial charge in [-0.25, -0.2) is 4.79 Å². The minimum Gasteiger partial charge on any atom is -0.462 e. The molecule has 0 aliphatic carbocycles. The van der Waals surface area contributed by atoms with Crippen molar-refractivity contribution in [3.8, 4) is 11.1 Å². The molecule has 4 aromatic rings. The summed E-state index contributed by atoms with van der Waals surface area (Å²) in [6.45, 7) is 1.93. The van der Waals surface area contributed by atoms with Crippen molar-refractivity contribution in [3.05, 3.63) is 87.8 Å². The van der Waals surface area contributed by atoms with Gasteiger partial charge >= 0.3 is 5.97 Å². The number of benzene rings is 1. The van der Waals surface area contributed by atoms with E-state index in [0.717, 1.165) is 5.56 Å². The van der Waals surface area contributed by atoms with E-state index < -0.39 is 18.0 Å². The van der Waals surface area contributed by atoms with E-state index in [1.165, 1.54) is 35.0 Å². The first kappa shape index (κ1) is 22.5. The molecular formula is C24H20N2O5S2. The molecule has 0 bridgehead atoms. The van der Waals surface area contributed by atoms with Crippen LogP contribution < -0.4 is 10.6 Å². The van der Waals surface area contributed by atoms with Crippen molar-refractivity contribution in [2.24, 2.45) is 0 Å². The summed E-state index contributed by atoms with van der Waals surface area (Å²) in [5.41, 5.74) is 1.83. The third-order valence-electron chi connectivity index (χ3n) is 4.68. The van der Waals surface area contributed by atoms with Gasteiger partial charge in [-0.05, 0) is 36.1 Å². The van der Waals surface area contributed by atoms with Gasteiger partial charge in [0.2, 0.25) is 5.78 Å². The average Bonchev–Trinajstić information content (AvgIpc) is 3.61. The Labute approximate surface area is 198 Å². The van der Waals surface area contributed by atoms with Crippen LogP contribution in [0.25, 0.3) is 11.1 Å². The summed E-state index contributed by atoms with van der Waals surface area (Å²) in [7, 11) is 0. The van der Waals surface area contributed by atoms with Crippen molar-refractivity contribution in [3.63, 3.8) is 0 Å². The lowest BCUT2D eigenvalue weighted by Gasteiger charge is -2.19. The molecule has 4 rings (SSSR count). The van der Waals surface area contributed by atoms with Crippen molar-refractivity contribution < 1.29 is 23.5 Å². The number of rotatable bonds is 9. The minimum absolute atomic E-state index is 0.0718. The lowest BCUT2D eigenvalue weighted by Crippen LogP contribution is -2.46. The SMILES string of the molecule is CCOC(=O)c1c(-c2ccccc2)csc1N[C@@H](NC(=O)c1ccco1)C(=O)c1cccs1. The highest BCUT2D eigenvalue weighted by Crippen LogP contribution is 2.36. The Morgan fingerprint density at radius 2 is 1.85 bits per heavy atom. The smallest absolute Gasteiger partial charge is 0.341 e. The molecule has 0 fully saturated rings. The second kappa shape index (κ2) is 10.3. The monoisotopic (exact) mass is 480 g/mol. The van der Waals surface area contributed by atoms with Crippen LogP contribution in [0, 0.1) is 0 Å². The first-order valence-corrected chi connectivity index (χ1v) is 11.9. The van der Waals surface area contributed by atoms with E-state index in [1.807, 2.05) is 35.7 Å². The lowest BCUT2D eigenvalue weighted by atomic mass is 10.0. The standard InChI is InChI=1S/C24H20N2O5S2/c1-2-30-24(29)19-16(15-8-4-3-5-9-15)14-33-23(19)26-21(20(27)18-11-7-13-32-18)25-22(28)17-10-6-12-31-17/h3-14,21,26H,2H2,1H3,(H,25,28)/t21-/m1/s1. The maximum absolute atomic E-state index is 13.2. The lowest BCUT2D eigenvalue weighted by molar-refractivity contribution is 0.0528. The fourth-order valence-electron chi connectivity index (χ4n) is 3.17. The topological polar surface area (TPSA) is 97.6 Å². The third kappa shape index (κ3) is 5.05. The van der Waals surface area contributed by atoms with Crippen LogP contribution in [-0.4, -0.2) is 30.4 Å². The highest BCUT2D eigenvalue weighted by molar-refractivity contribution is 7.15. The number of nitrogens with one attached hydrogen (secondary N) is 2. The Morgan fingerprint density at radius 3 is 2.52 bits per heavy atom. The molecule has 0 aliphatic rings. The van der Waals surface area contributed by atoms with Crippen LogP contribution in [0.1, 0.15) is 37.5 Å². The number of amides is 1. The fourth-order valence-corrected chi connectivity index (χ4v) is 4.85. The van der Waals surface area contributed by atoms with E-state index in [-0.39, 0.29) is 18.2 Å². The Hall–Kier alpha value is -3.69. The van der Waals surface area contributed by atoms with Gasteiger partial charge in [0, 0.05) is 10.9 Å². The number of hydrogen-bond acceptors (Lipinski definition) is 8. The predicted octanol–water partition coefficient (Wildman–Crippen LogP) is 5.30. The van der Waals surface area contributed by atoms with Gasteiger partial charge in [0.15, 0.2) is 11.9 Å². The van der Waals surface area contributed by atoms with Gasteiger partial charge in [-0.3, -0.25) is 9.59 Å². The van der Waals surface area contributed by atoms with E-state index in [4.69, 9.17) is 9.15 Å².